The van der Waals surface area contributed by atoms with E-state index in [0.29, 0.717) is 12.7 Å². The molecule has 0 amide bonds. The van der Waals surface area contributed by atoms with Crippen molar-refractivity contribution in [2.24, 2.45) is 5.92 Å². The van der Waals surface area contributed by atoms with E-state index < -0.39 is 19.8 Å². The van der Waals surface area contributed by atoms with Crippen LogP contribution in [0.15, 0.2) is 36.5 Å². The second-order valence-electron chi connectivity index (χ2n) is 8.22. The van der Waals surface area contributed by atoms with E-state index >= 15 is 0 Å². The van der Waals surface area contributed by atoms with Crippen LogP contribution in [-0.4, -0.2) is 34.5 Å². The third-order valence-electron chi connectivity index (χ3n) is 4.49. The quantitative estimate of drug-likeness (QED) is 0.256. The maximum Gasteiger partial charge on any atom is 0.459 e. The molecule has 2 N–H and O–H groups in total. The van der Waals surface area contributed by atoms with Gasteiger partial charge in [0.15, 0.2) is 6.29 Å². The van der Waals surface area contributed by atoms with E-state index in [1.165, 1.54) is 6.20 Å². The number of carbonyl (C=O) groups is 2. The van der Waals surface area contributed by atoms with Crippen molar-refractivity contribution in [2.75, 3.05) is 0 Å². The second kappa shape index (κ2) is 11.9. The summed E-state index contributed by atoms with van der Waals surface area (Å²) in [6.07, 6.45) is 1.79. The van der Waals surface area contributed by atoms with Crippen LogP contribution in [0.5, 0.6) is 11.5 Å². The summed E-state index contributed by atoms with van der Waals surface area (Å²) in [4.78, 5) is 28.2. The molecule has 9 nitrogen and oxygen atoms in total. The number of para-hydroxylation sites is 1. The third-order valence-corrected chi connectivity index (χ3v) is 6.04. The van der Waals surface area contributed by atoms with Gasteiger partial charge in [-0.05, 0) is 45.2 Å². The molecule has 0 saturated heterocycles. The molecule has 0 bridgehead atoms. The van der Waals surface area contributed by atoms with Crippen molar-refractivity contribution in [2.45, 2.75) is 59.8 Å². The summed E-state index contributed by atoms with van der Waals surface area (Å²) in [5.74, 6) is -0.528. The van der Waals surface area contributed by atoms with Crippen LogP contribution >= 0.6 is 7.75 Å². The zero-order valence-electron chi connectivity index (χ0n) is 19.5. The molecule has 2 atom stereocenters. The number of rotatable bonds is 12. The second-order valence-corrected chi connectivity index (χ2v) is 9.92. The van der Waals surface area contributed by atoms with E-state index in [1.54, 1.807) is 51.1 Å². The molecule has 180 valence electrons. The van der Waals surface area contributed by atoms with Crippen molar-refractivity contribution in [3.05, 3.63) is 53.3 Å². The third kappa shape index (κ3) is 7.96. The van der Waals surface area contributed by atoms with Gasteiger partial charge in [-0.3, -0.25) is 19.1 Å². The number of nitrogens with zero attached hydrogens (tertiary/aromatic N) is 1. The fourth-order valence-electron chi connectivity index (χ4n) is 2.94. The highest BCUT2D eigenvalue weighted by Crippen LogP contribution is 2.46. The lowest BCUT2D eigenvalue weighted by Gasteiger charge is -2.26. The number of hydrogen-bond acceptors (Lipinski definition) is 8. The highest BCUT2D eigenvalue weighted by atomic mass is 31.2. The Balaban J connectivity index is 2.35. The Bertz CT molecular complexity index is 996. The molecule has 0 spiro atoms. The zero-order valence-corrected chi connectivity index (χ0v) is 20.4. The lowest BCUT2D eigenvalue weighted by Crippen LogP contribution is -2.39. The van der Waals surface area contributed by atoms with Crippen LogP contribution < -0.4 is 9.61 Å². The highest BCUT2D eigenvalue weighted by Gasteiger charge is 2.35. The molecule has 2 rings (SSSR count). The number of ether oxygens (including phenoxy) is 1. The van der Waals surface area contributed by atoms with Crippen molar-refractivity contribution in [3.8, 4) is 11.5 Å². The van der Waals surface area contributed by atoms with Crippen LogP contribution in [0, 0.1) is 12.8 Å². The fraction of sp³-hybridized carbons (Fsp3) is 0.435. The molecule has 0 saturated carbocycles. The minimum absolute atomic E-state index is 0.0216. The van der Waals surface area contributed by atoms with E-state index in [4.69, 9.17) is 13.8 Å². The predicted octanol–water partition coefficient (Wildman–Crippen LogP) is 4.57. The number of nitrogens with one attached hydrogen (secondary N) is 1. The molecule has 1 unspecified atom stereocenters. The first-order valence-corrected chi connectivity index (χ1v) is 12.2. The molecule has 2 aromatic rings. The molecule has 0 aliphatic carbocycles. The first-order valence-electron chi connectivity index (χ1n) is 10.6. The molecule has 10 heteroatoms. The lowest BCUT2D eigenvalue weighted by molar-refractivity contribution is -0.150. The smallest absolute Gasteiger partial charge is 0.459 e. The average molecular weight is 478 g/mol. The Morgan fingerprint density at radius 1 is 1.21 bits per heavy atom. The number of esters is 1. The number of benzene rings is 1. The van der Waals surface area contributed by atoms with E-state index in [9.17, 15) is 19.3 Å². The number of aldehydes is 1. The highest BCUT2D eigenvalue weighted by molar-refractivity contribution is 7.52. The minimum Gasteiger partial charge on any atom is -0.505 e. The van der Waals surface area contributed by atoms with Crippen molar-refractivity contribution >= 4 is 20.0 Å². The van der Waals surface area contributed by atoms with E-state index in [2.05, 4.69) is 10.1 Å². The molecule has 1 heterocycles. The summed E-state index contributed by atoms with van der Waals surface area (Å²) < 4.78 is 30.4. The molecule has 1 aromatic heterocycles. The van der Waals surface area contributed by atoms with Crippen LogP contribution in [0.3, 0.4) is 0 Å². The van der Waals surface area contributed by atoms with E-state index in [1.807, 2.05) is 13.8 Å². The van der Waals surface area contributed by atoms with Crippen LogP contribution in [0.1, 0.15) is 55.7 Å². The molecule has 1 aromatic carbocycles. The molecule has 0 aliphatic rings. The SMILES string of the molecule is Cc1ncc(COP(=O)(N[C@@H](CC(C)C)C(=O)OC(C)C)Oc2ccccc2)c(C=O)c1O. The summed E-state index contributed by atoms with van der Waals surface area (Å²) in [7, 11) is -4.15. The molecule has 33 heavy (non-hydrogen) atoms. The topological polar surface area (TPSA) is 124 Å². The zero-order chi connectivity index (χ0) is 24.6. The standard InChI is InChI=1S/C23H31N2O7P/c1-15(2)11-21(23(28)31-16(3)4)25-33(29,32-19-9-7-6-8-10-19)30-14-18-12-24-17(5)22(27)20(18)13-26/h6-10,12-13,15-16,21,27H,11,14H2,1-5H3,(H,25,29)/t21-,33?/m0/s1. The van der Waals surface area contributed by atoms with E-state index in [-0.39, 0.29) is 46.9 Å². The molecule has 0 fully saturated rings. The van der Waals surface area contributed by atoms with Gasteiger partial charge in [0, 0.05) is 11.8 Å². The molecule has 0 radical (unpaired) electrons. The number of aryl methyl sites for hydroxylation is 1. The van der Waals surface area contributed by atoms with Gasteiger partial charge in [-0.15, -0.1) is 0 Å². The van der Waals surface area contributed by atoms with E-state index in [0.717, 1.165) is 0 Å². The Hall–Kier alpha value is -2.74. The van der Waals surface area contributed by atoms with Crippen molar-refractivity contribution < 1.29 is 33.0 Å². The van der Waals surface area contributed by atoms with Crippen LogP contribution in [-0.2, 0) is 25.2 Å². The van der Waals surface area contributed by atoms with Crippen molar-refractivity contribution in [3.63, 3.8) is 0 Å². The number of pyridine rings is 1. The largest absolute Gasteiger partial charge is 0.505 e. The summed E-state index contributed by atoms with van der Waals surface area (Å²) in [5.41, 5.74) is 0.472. The molecule has 0 aliphatic heterocycles. The Morgan fingerprint density at radius 2 is 1.88 bits per heavy atom. The lowest BCUT2D eigenvalue weighted by atomic mass is 10.0. The van der Waals surface area contributed by atoms with Gasteiger partial charge in [0.2, 0.25) is 0 Å². The normalized spacial score (nSPS) is 14.0. The maximum atomic E-state index is 13.8. The number of hydrogen-bond donors (Lipinski definition) is 2. The average Bonchev–Trinajstić information content (AvgIpc) is 2.74. The summed E-state index contributed by atoms with van der Waals surface area (Å²) in [6, 6.07) is 7.40. The molecular formula is C23H31N2O7P. The summed E-state index contributed by atoms with van der Waals surface area (Å²) in [6.45, 7) is 8.46. The van der Waals surface area contributed by atoms with Crippen LogP contribution in [0.25, 0.3) is 0 Å². The van der Waals surface area contributed by atoms with Crippen LogP contribution in [0.2, 0.25) is 0 Å². The number of aromatic hydroxyl groups is 1. The van der Waals surface area contributed by atoms with Gasteiger partial charge in [0.1, 0.15) is 17.5 Å². The van der Waals surface area contributed by atoms with Gasteiger partial charge in [-0.1, -0.05) is 32.0 Å². The van der Waals surface area contributed by atoms with Gasteiger partial charge < -0.3 is 14.4 Å². The van der Waals surface area contributed by atoms with Gasteiger partial charge in [0.05, 0.1) is 24.0 Å². The maximum absolute atomic E-state index is 13.8. The van der Waals surface area contributed by atoms with Gasteiger partial charge >= 0.3 is 13.7 Å². The van der Waals surface area contributed by atoms with Gasteiger partial charge in [0.25, 0.3) is 0 Å². The predicted molar refractivity (Wildman–Crippen MR) is 123 cm³/mol. The fourth-order valence-corrected chi connectivity index (χ4v) is 4.42. The monoisotopic (exact) mass is 478 g/mol. The first-order chi connectivity index (χ1) is 15.5. The first kappa shape index (κ1) is 26.5. The molecular weight excluding hydrogens is 447 g/mol. The van der Waals surface area contributed by atoms with Crippen LogP contribution in [0.4, 0.5) is 0 Å². The minimum atomic E-state index is -4.15. The Labute approximate surface area is 194 Å². The van der Waals surface area contributed by atoms with Crippen molar-refractivity contribution in [1.29, 1.82) is 0 Å². The van der Waals surface area contributed by atoms with Crippen molar-refractivity contribution in [1.82, 2.24) is 10.1 Å². The number of aromatic nitrogens is 1. The summed E-state index contributed by atoms with van der Waals surface area (Å²) in [5, 5.41) is 12.8. The number of carbonyl (C=O) groups excluding carboxylic acids is 2. The van der Waals surface area contributed by atoms with Gasteiger partial charge in [-0.2, -0.15) is 5.09 Å². The Morgan fingerprint density at radius 3 is 2.45 bits per heavy atom. The Kier molecular flexibility index (Phi) is 9.58. The summed E-state index contributed by atoms with van der Waals surface area (Å²) >= 11 is 0. The van der Waals surface area contributed by atoms with Gasteiger partial charge in [-0.25, -0.2) is 4.57 Å².